The summed E-state index contributed by atoms with van der Waals surface area (Å²) in [6.45, 7) is 4.47. The number of aliphatic carboxylic acids is 1. The number of phenols is 2. The van der Waals surface area contributed by atoms with E-state index in [0.29, 0.717) is 6.42 Å². The van der Waals surface area contributed by atoms with Gasteiger partial charge in [-0.05, 0) is 51.0 Å². The van der Waals surface area contributed by atoms with Crippen LogP contribution in [0.5, 0.6) is 17.2 Å². The van der Waals surface area contributed by atoms with Crippen LogP contribution in [0.4, 0.5) is 0 Å². The summed E-state index contributed by atoms with van der Waals surface area (Å²) >= 11 is 0. The number of phenolic OH excluding ortho intramolecular Hbond substituents is 2. The largest absolute Gasteiger partial charge is 0.507 e. The highest BCUT2D eigenvalue weighted by atomic mass is 16.7. The maximum absolute atomic E-state index is 13.2. The topological polar surface area (TPSA) is 334 Å². The molecule has 74 heavy (non-hydrogen) atoms. The van der Waals surface area contributed by atoms with E-state index in [1.807, 2.05) is 0 Å². The Kier molecular flexibility index (Phi) is 26.6. The minimum absolute atomic E-state index is 0.0433. The number of likely N-dealkylation sites (N-methyl/N-ethyl adjacent to an activating group) is 2. The van der Waals surface area contributed by atoms with E-state index in [-0.39, 0.29) is 46.9 Å². The number of aliphatic hydroxyl groups excluding tert-OH is 4. The van der Waals surface area contributed by atoms with Crippen molar-refractivity contribution in [2.75, 3.05) is 33.8 Å². The molecule has 0 aromatic heterocycles. The average Bonchev–Trinajstić information content (AvgIpc) is 3.36. The number of ether oxygens (including phenoxy) is 2. The Morgan fingerprint density at radius 3 is 1.89 bits per heavy atom. The highest BCUT2D eigenvalue weighted by molar-refractivity contribution is 5.94. The van der Waals surface area contributed by atoms with Crippen LogP contribution >= 0.6 is 0 Å². The molecule has 0 spiro atoms. The number of carbonyl (C=O) groups is 7. The molecule has 0 aliphatic carbocycles. The van der Waals surface area contributed by atoms with Gasteiger partial charge in [0.05, 0.1) is 25.8 Å². The molecule has 3 rings (SSSR count). The summed E-state index contributed by atoms with van der Waals surface area (Å²) in [5, 5.41) is 82.0. The molecule has 0 radical (unpaired) electrons. The number of carboxylic acids is 1. The van der Waals surface area contributed by atoms with Gasteiger partial charge >= 0.3 is 5.97 Å². The van der Waals surface area contributed by atoms with Gasteiger partial charge in [0, 0.05) is 38.1 Å². The van der Waals surface area contributed by atoms with Crippen molar-refractivity contribution in [1.29, 1.82) is 0 Å². The van der Waals surface area contributed by atoms with Gasteiger partial charge in [-0.1, -0.05) is 102 Å². The number of amides is 6. The second-order valence-corrected chi connectivity index (χ2v) is 19.1. The molecule has 1 fully saturated rings. The zero-order valence-electron chi connectivity index (χ0n) is 43.6. The Hall–Kier alpha value is -6.07. The van der Waals surface area contributed by atoms with Crippen molar-refractivity contribution in [3.63, 3.8) is 0 Å². The number of benzene rings is 2. The molecule has 9 atom stereocenters. The first-order valence-corrected chi connectivity index (χ1v) is 25.6. The molecule has 414 valence electrons. The van der Waals surface area contributed by atoms with Gasteiger partial charge < -0.3 is 76.3 Å². The predicted molar refractivity (Wildman–Crippen MR) is 271 cm³/mol. The van der Waals surface area contributed by atoms with Crippen LogP contribution in [0.25, 0.3) is 11.1 Å². The second kappa shape index (κ2) is 31.6. The van der Waals surface area contributed by atoms with Gasteiger partial charge in [-0.15, -0.1) is 0 Å². The van der Waals surface area contributed by atoms with E-state index in [1.165, 1.54) is 129 Å². The van der Waals surface area contributed by atoms with E-state index in [2.05, 4.69) is 28.2 Å². The molecule has 2 aromatic rings. The lowest BCUT2D eigenvalue weighted by molar-refractivity contribution is -0.268. The van der Waals surface area contributed by atoms with Crippen LogP contribution in [0.2, 0.25) is 0 Å². The predicted octanol–water partition coefficient (Wildman–Crippen LogP) is 1.97. The molecule has 1 aliphatic rings. The lowest BCUT2D eigenvalue weighted by atomic mass is 9.97. The summed E-state index contributed by atoms with van der Waals surface area (Å²) in [7, 11) is 2.68. The van der Waals surface area contributed by atoms with Crippen LogP contribution < -0.4 is 26.0 Å². The Bertz CT molecular complexity index is 2160. The Morgan fingerprint density at radius 2 is 1.30 bits per heavy atom. The molecule has 0 bridgehead atoms. The van der Waals surface area contributed by atoms with Crippen molar-refractivity contribution in [3.8, 4) is 28.4 Å². The summed E-state index contributed by atoms with van der Waals surface area (Å²) < 4.78 is 11.3. The van der Waals surface area contributed by atoms with Crippen LogP contribution in [-0.2, 0) is 44.7 Å². The molecular formula is C52H80N6O16. The van der Waals surface area contributed by atoms with Gasteiger partial charge in [-0.3, -0.25) is 28.8 Å². The third kappa shape index (κ3) is 19.7. The third-order valence-corrected chi connectivity index (χ3v) is 13.0. The van der Waals surface area contributed by atoms with Gasteiger partial charge in [0.15, 0.2) is 11.5 Å². The van der Waals surface area contributed by atoms with E-state index in [0.717, 1.165) is 29.1 Å². The number of unbranched alkanes of at least 4 members (excludes halogenated alkanes) is 12. The lowest BCUT2D eigenvalue weighted by Gasteiger charge is -2.39. The van der Waals surface area contributed by atoms with E-state index in [1.54, 1.807) is 0 Å². The van der Waals surface area contributed by atoms with Gasteiger partial charge in [0.1, 0.15) is 48.2 Å². The molecule has 6 amide bonds. The Balaban J connectivity index is 1.44. The van der Waals surface area contributed by atoms with Crippen LogP contribution in [0.1, 0.15) is 123 Å². The first-order valence-electron chi connectivity index (χ1n) is 25.6. The van der Waals surface area contributed by atoms with Gasteiger partial charge in [0.25, 0.3) is 0 Å². The van der Waals surface area contributed by atoms with Crippen molar-refractivity contribution in [2.24, 2.45) is 0 Å². The molecule has 1 heterocycles. The number of hydrogen-bond donors (Lipinski definition) is 11. The second-order valence-electron chi connectivity index (χ2n) is 19.1. The zero-order chi connectivity index (χ0) is 55.1. The van der Waals surface area contributed by atoms with Gasteiger partial charge in [-0.2, -0.15) is 0 Å². The fraction of sp³-hybridized carbons (Fsp3) is 0.635. The number of aliphatic hydroxyl groups is 4. The first kappa shape index (κ1) is 62.2. The molecular weight excluding hydrogens is 965 g/mol. The SMILES string of the molecule is CCCCCCCCCCCCCCCC(=O)N(C)C(CO)C(=O)NC(C)C(=O)NCC(=O)N(C)CC(=O)NC(C)C(=O)NC(Cc1ccc(O)c(-c2cccc(O)c2O[C@H]2O[C@H](C)[C@@H](O)[C@H](O)[C@@H]2O)c1)C(=O)O. The number of hydrogen-bond acceptors (Lipinski definition) is 15. The summed E-state index contributed by atoms with van der Waals surface area (Å²) in [5.74, 6) is -6.74. The van der Waals surface area contributed by atoms with Crippen LogP contribution in [0.15, 0.2) is 36.4 Å². The molecule has 22 nitrogen and oxygen atoms in total. The van der Waals surface area contributed by atoms with Crippen molar-refractivity contribution < 1.29 is 78.8 Å². The smallest absolute Gasteiger partial charge is 0.326 e. The van der Waals surface area contributed by atoms with E-state index in [4.69, 9.17) is 9.47 Å². The Labute approximate surface area is 433 Å². The van der Waals surface area contributed by atoms with E-state index in [9.17, 15) is 69.3 Å². The number of aromatic hydroxyl groups is 2. The first-order chi connectivity index (χ1) is 35.1. The molecule has 22 heteroatoms. The summed E-state index contributed by atoms with van der Waals surface area (Å²) in [5.41, 5.74) is 0.401. The molecule has 0 saturated carbocycles. The van der Waals surface area contributed by atoms with E-state index >= 15 is 0 Å². The van der Waals surface area contributed by atoms with Crippen molar-refractivity contribution in [2.45, 2.75) is 179 Å². The Morgan fingerprint density at radius 1 is 0.703 bits per heavy atom. The highest BCUT2D eigenvalue weighted by Crippen LogP contribution is 2.43. The van der Waals surface area contributed by atoms with Gasteiger partial charge in [-0.25, -0.2) is 4.79 Å². The maximum Gasteiger partial charge on any atom is 0.326 e. The number of carbonyl (C=O) groups excluding carboxylic acids is 6. The maximum atomic E-state index is 13.2. The fourth-order valence-corrected chi connectivity index (χ4v) is 8.25. The van der Waals surface area contributed by atoms with E-state index < -0.39 is 116 Å². The van der Waals surface area contributed by atoms with Crippen molar-refractivity contribution in [3.05, 3.63) is 42.0 Å². The monoisotopic (exact) mass is 1040 g/mol. The number of para-hydroxylation sites is 1. The third-order valence-electron chi connectivity index (χ3n) is 13.0. The van der Waals surface area contributed by atoms with Crippen LogP contribution in [0.3, 0.4) is 0 Å². The lowest BCUT2D eigenvalue weighted by Crippen LogP contribution is -2.58. The van der Waals surface area contributed by atoms with Gasteiger partial charge in [0.2, 0.25) is 41.7 Å². The molecule has 2 aromatic carbocycles. The average molecular weight is 1050 g/mol. The molecule has 4 unspecified atom stereocenters. The molecule has 1 aliphatic heterocycles. The number of nitrogens with zero attached hydrogens (tertiary/aromatic N) is 2. The zero-order valence-corrected chi connectivity index (χ0v) is 43.6. The summed E-state index contributed by atoms with van der Waals surface area (Å²) in [4.78, 5) is 92.1. The van der Waals surface area contributed by atoms with Crippen LogP contribution in [-0.4, -0.2) is 176 Å². The van der Waals surface area contributed by atoms with Crippen LogP contribution in [0, 0.1) is 0 Å². The van der Waals surface area contributed by atoms with Crippen molar-refractivity contribution >= 4 is 41.4 Å². The summed E-state index contributed by atoms with van der Waals surface area (Å²) in [6, 6.07) is 2.88. The normalized spacial score (nSPS) is 19.0. The number of carboxylic acid groups (broad SMARTS) is 1. The molecule has 1 saturated heterocycles. The fourth-order valence-electron chi connectivity index (χ4n) is 8.25. The number of rotatable bonds is 32. The minimum atomic E-state index is -1.73. The van der Waals surface area contributed by atoms with Crippen molar-refractivity contribution in [1.82, 2.24) is 31.1 Å². The summed E-state index contributed by atoms with van der Waals surface area (Å²) in [6.07, 6.45) is 7.60. The molecule has 11 N–H and O–H groups in total. The standard InChI is InChI=1S/C52H80N6O16/c1-7-8-9-10-11-12-13-14-15-16-17-18-19-23-42(63)58(6)38(30-59)50(70)55-31(2)48(68)53-28-43(64)57(5)29-41(62)54-32(3)49(69)56-37(51(71)72)27-34-24-25-39(60)36(26-34)35-21-20-22-40(61)47(35)74-52-46(67)45(66)44(65)33(4)73-52/h20-22,24-26,31-33,37-38,44-46,52,59-61,65-67H,7-19,23,27-30H2,1-6H3,(H,53,68)(H,54,62)(H,55,70)(H,56,69)(H,71,72)/t31?,32?,33-,37?,38?,44-,45+,46+,52-/m1/s1. The minimum Gasteiger partial charge on any atom is -0.507 e. The number of nitrogens with one attached hydrogen (secondary N) is 4. The quantitative estimate of drug-likeness (QED) is 0.0467. The highest BCUT2D eigenvalue weighted by Gasteiger charge is 2.44.